The van der Waals surface area contributed by atoms with E-state index in [0.29, 0.717) is 6.04 Å². The summed E-state index contributed by atoms with van der Waals surface area (Å²) in [6, 6.07) is 0.312. The van der Waals surface area contributed by atoms with Crippen LogP contribution in [-0.4, -0.2) is 39.9 Å². The van der Waals surface area contributed by atoms with Gasteiger partial charge in [-0.05, 0) is 32.6 Å². The molecule has 1 aromatic rings. The van der Waals surface area contributed by atoms with Crippen LogP contribution < -0.4 is 10.6 Å². The fourth-order valence-electron chi connectivity index (χ4n) is 3.02. The summed E-state index contributed by atoms with van der Waals surface area (Å²) in [5, 5.41) is 21.4. The van der Waals surface area contributed by atoms with E-state index < -0.39 is 0 Å². The third-order valence-corrected chi connectivity index (χ3v) is 3.82. The van der Waals surface area contributed by atoms with Gasteiger partial charge in [0.05, 0.1) is 11.3 Å². The molecule has 1 aliphatic rings. The van der Waals surface area contributed by atoms with E-state index in [4.69, 9.17) is 11.1 Å². The van der Waals surface area contributed by atoms with Crippen LogP contribution in [0.3, 0.4) is 0 Å². The number of nitrogens with zero attached hydrogens (tertiary/aromatic N) is 3. The van der Waals surface area contributed by atoms with E-state index >= 15 is 0 Å². The summed E-state index contributed by atoms with van der Waals surface area (Å²) >= 11 is 0. The minimum atomic E-state index is 0.0638. The molecule has 0 spiro atoms. The van der Waals surface area contributed by atoms with Crippen LogP contribution in [0.1, 0.15) is 36.9 Å². The van der Waals surface area contributed by atoms with Crippen molar-refractivity contribution in [2.75, 3.05) is 18.1 Å². The largest absolute Gasteiger partial charge is 0.396 e. The number of nitrogens with two attached hydrogens (primary N) is 1. The molecule has 1 fully saturated rings. The predicted octanol–water partition coefficient (Wildman–Crippen LogP) is 0.754. The van der Waals surface area contributed by atoms with Crippen molar-refractivity contribution in [3.8, 4) is 0 Å². The summed E-state index contributed by atoms with van der Waals surface area (Å²) < 4.78 is 1.81. The maximum atomic E-state index is 9.22. The maximum absolute atomic E-state index is 9.22. The standard InChI is InChI=1S/C13H23N5O/c1-9-11(12(14)15)13(17(2)16-9)18-7-4-3-5-10(18)6-8-19/h10,19H,3-8H2,1-2H3,(H3,14,15). The van der Waals surface area contributed by atoms with Gasteiger partial charge in [0, 0.05) is 26.2 Å². The molecule has 2 heterocycles. The Kier molecular flexibility index (Phi) is 4.09. The van der Waals surface area contributed by atoms with Crippen molar-refractivity contribution in [2.45, 2.75) is 38.6 Å². The predicted molar refractivity (Wildman–Crippen MR) is 75.6 cm³/mol. The van der Waals surface area contributed by atoms with E-state index in [2.05, 4.69) is 10.00 Å². The van der Waals surface area contributed by atoms with Gasteiger partial charge in [-0.3, -0.25) is 10.1 Å². The number of hydrogen-bond acceptors (Lipinski definition) is 4. The van der Waals surface area contributed by atoms with Crippen LogP contribution in [0, 0.1) is 12.3 Å². The van der Waals surface area contributed by atoms with E-state index in [0.717, 1.165) is 42.9 Å². The lowest BCUT2D eigenvalue weighted by Gasteiger charge is -2.37. The van der Waals surface area contributed by atoms with Crippen LogP contribution in [0.25, 0.3) is 0 Å². The van der Waals surface area contributed by atoms with Crippen molar-refractivity contribution in [1.82, 2.24) is 9.78 Å². The Balaban J connectivity index is 2.41. The van der Waals surface area contributed by atoms with E-state index in [1.807, 2.05) is 18.7 Å². The van der Waals surface area contributed by atoms with Crippen LogP contribution in [0.15, 0.2) is 0 Å². The summed E-state index contributed by atoms with van der Waals surface area (Å²) in [6.45, 7) is 3.00. The quantitative estimate of drug-likeness (QED) is 0.553. The highest BCUT2D eigenvalue weighted by molar-refractivity contribution is 6.01. The molecule has 1 aromatic heterocycles. The SMILES string of the molecule is Cc1nn(C)c(N2CCCCC2CCO)c1C(=N)N. The molecule has 2 rings (SSSR count). The van der Waals surface area contributed by atoms with Gasteiger partial charge >= 0.3 is 0 Å². The number of anilines is 1. The Morgan fingerprint density at radius 3 is 2.89 bits per heavy atom. The Bertz CT molecular complexity index is 466. The Labute approximate surface area is 113 Å². The van der Waals surface area contributed by atoms with Gasteiger partial charge in [-0.1, -0.05) is 0 Å². The molecule has 4 N–H and O–H groups in total. The molecular weight excluding hydrogens is 242 g/mol. The zero-order valence-corrected chi connectivity index (χ0v) is 11.7. The topological polar surface area (TPSA) is 91.2 Å². The Hall–Kier alpha value is -1.56. The first-order valence-electron chi connectivity index (χ1n) is 6.81. The summed E-state index contributed by atoms with van der Waals surface area (Å²) in [5.74, 6) is 0.983. The van der Waals surface area contributed by atoms with Crippen molar-refractivity contribution in [1.29, 1.82) is 5.41 Å². The van der Waals surface area contributed by atoms with Gasteiger partial charge in [-0.15, -0.1) is 0 Å². The number of amidine groups is 1. The molecule has 106 valence electrons. The van der Waals surface area contributed by atoms with Crippen molar-refractivity contribution in [3.63, 3.8) is 0 Å². The van der Waals surface area contributed by atoms with Crippen LogP contribution >= 0.6 is 0 Å². The van der Waals surface area contributed by atoms with E-state index in [1.165, 1.54) is 6.42 Å². The molecule has 6 nitrogen and oxygen atoms in total. The molecule has 19 heavy (non-hydrogen) atoms. The molecule has 0 amide bonds. The van der Waals surface area contributed by atoms with Gasteiger partial charge in [0.2, 0.25) is 0 Å². The number of aromatic nitrogens is 2. The summed E-state index contributed by atoms with van der Waals surface area (Å²) in [7, 11) is 1.89. The van der Waals surface area contributed by atoms with Crippen LogP contribution in [0.5, 0.6) is 0 Å². The highest BCUT2D eigenvalue weighted by Gasteiger charge is 2.28. The lowest BCUT2D eigenvalue weighted by atomic mass is 9.99. The van der Waals surface area contributed by atoms with E-state index in [9.17, 15) is 5.11 Å². The number of aliphatic hydroxyl groups is 1. The first kappa shape index (κ1) is 13.9. The van der Waals surface area contributed by atoms with Crippen molar-refractivity contribution in [3.05, 3.63) is 11.3 Å². The van der Waals surface area contributed by atoms with E-state index in [1.54, 1.807) is 0 Å². The first-order chi connectivity index (χ1) is 9.06. The lowest BCUT2D eigenvalue weighted by Crippen LogP contribution is -2.42. The molecule has 0 radical (unpaired) electrons. The van der Waals surface area contributed by atoms with Gasteiger partial charge in [-0.2, -0.15) is 5.10 Å². The fraction of sp³-hybridized carbons (Fsp3) is 0.692. The first-order valence-corrected chi connectivity index (χ1v) is 6.81. The van der Waals surface area contributed by atoms with Crippen molar-refractivity contribution in [2.24, 2.45) is 12.8 Å². The van der Waals surface area contributed by atoms with Gasteiger partial charge in [-0.25, -0.2) is 0 Å². The monoisotopic (exact) mass is 265 g/mol. The highest BCUT2D eigenvalue weighted by Crippen LogP contribution is 2.30. The fourth-order valence-corrected chi connectivity index (χ4v) is 3.02. The maximum Gasteiger partial charge on any atom is 0.138 e. The smallest absolute Gasteiger partial charge is 0.138 e. The zero-order valence-electron chi connectivity index (χ0n) is 11.7. The molecule has 0 aromatic carbocycles. The highest BCUT2D eigenvalue weighted by atomic mass is 16.3. The minimum absolute atomic E-state index is 0.0638. The summed E-state index contributed by atoms with van der Waals surface area (Å²) in [4.78, 5) is 2.26. The molecule has 0 aliphatic carbocycles. The Morgan fingerprint density at radius 2 is 2.26 bits per heavy atom. The van der Waals surface area contributed by atoms with Gasteiger partial charge in [0.1, 0.15) is 11.7 Å². The number of nitrogens with one attached hydrogen (secondary N) is 1. The van der Waals surface area contributed by atoms with Crippen LogP contribution in [-0.2, 0) is 7.05 Å². The molecule has 1 aliphatic heterocycles. The molecule has 6 heteroatoms. The summed E-state index contributed by atoms with van der Waals surface area (Å²) in [5.41, 5.74) is 7.23. The summed E-state index contributed by atoms with van der Waals surface area (Å²) in [6.07, 6.45) is 4.14. The minimum Gasteiger partial charge on any atom is -0.396 e. The van der Waals surface area contributed by atoms with Gasteiger partial charge in [0.15, 0.2) is 0 Å². The average Bonchev–Trinajstić information content (AvgIpc) is 2.65. The normalized spacial score (nSPS) is 19.7. The molecule has 0 saturated carbocycles. The average molecular weight is 265 g/mol. The number of piperidine rings is 1. The van der Waals surface area contributed by atoms with Crippen molar-refractivity contribution >= 4 is 11.7 Å². The number of aliphatic hydroxyl groups excluding tert-OH is 1. The third-order valence-electron chi connectivity index (χ3n) is 3.82. The van der Waals surface area contributed by atoms with E-state index in [-0.39, 0.29) is 12.4 Å². The van der Waals surface area contributed by atoms with Crippen LogP contribution in [0.2, 0.25) is 0 Å². The third kappa shape index (κ3) is 2.58. The van der Waals surface area contributed by atoms with Crippen molar-refractivity contribution < 1.29 is 5.11 Å². The lowest BCUT2D eigenvalue weighted by molar-refractivity contribution is 0.261. The molecule has 1 saturated heterocycles. The molecular formula is C13H23N5O. The number of aryl methyl sites for hydroxylation is 2. The zero-order chi connectivity index (χ0) is 14.0. The molecule has 1 atom stereocenters. The second-order valence-electron chi connectivity index (χ2n) is 5.18. The van der Waals surface area contributed by atoms with Gasteiger partial charge in [0.25, 0.3) is 0 Å². The van der Waals surface area contributed by atoms with Gasteiger partial charge < -0.3 is 15.7 Å². The number of nitrogen functional groups attached to an aromatic ring is 1. The second-order valence-corrected chi connectivity index (χ2v) is 5.18. The second kappa shape index (κ2) is 5.61. The number of rotatable bonds is 4. The molecule has 0 bridgehead atoms. The molecule has 1 unspecified atom stereocenters. The number of hydrogen-bond donors (Lipinski definition) is 3. The Morgan fingerprint density at radius 1 is 1.53 bits per heavy atom. The van der Waals surface area contributed by atoms with Crippen LogP contribution in [0.4, 0.5) is 5.82 Å².